The van der Waals surface area contributed by atoms with Crippen LogP contribution in [0.25, 0.3) is 0 Å². The first-order valence-corrected chi connectivity index (χ1v) is 5.16. The van der Waals surface area contributed by atoms with E-state index in [4.69, 9.17) is 0 Å². The van der Waals surface area contributed by atoms with Gasteiger partial charge in [0.2, 0.25) is 0 Å². The van der Waals surface area contributed by atoms with Gasteiger partial charge in [-0.05, 0) is 31.6 Å². The molecule has 0 aromatic rings. The molecular formula is C10H16N2O2. The van der Waals surface area contributed by atoms with E-state index in [1.165, 1.54) is 0 Å². The first-order chi connectivity index (χ1) is 6.52. The maximum absolute atomic E-state index is 11.6. The minimum absolute atomic E-state index is 0.165. The zero-order valence-electron chi connectivity index (χ0n) is 8.59. The summed E-state index contributed by atoms with van der Waals surface area (Å²) in [6, 6.07) is -0.350. The van der Waals surface area contributed by atoms with Crippen molar-refractivity contribution < 1.29 is 9.59 Å². The maximum Gasteiger partial charge on any atom is 0.322 e. The summed E-state index contributed by atoms with van der Waals surface area (Å²) in [5.41, 5.74) is -0.665. The number of hydrogen-bond donors (Lipinski definition) is 2. The van der Waals surface area contributed by atoms with Crippen LogP contribution in [0.4, 0.5) is 4.79 Å². The molecule has 1 saturated heterocycles. The number of imide groups is 1. The number of nitrogens with one attached hydrogen (secondary N) is 2. The van der Waals surface area contributed by atoms with E-state index in [9.17, 15) is 9.59 Å². The van der Waals surface area contributed by atoms with Gasteiger partial charge in [0, 0.05) is 0 Å². The molecule has 0 spiro atoms. The Morgan fingerprint density at radius 1 is 1.36 bits per heavy atom. The third kappa shape index (κ3) is 1.29. The van der Waals surface area contributed by atoms with Gasteiger partial charge < -0.3 is 5.32 Å². The molecule has 3 atom stereocenters. The Balaban J connectivity index is 2.16. The van der Waals surface area contributed by atoms with Gasteiger partial charge >= 0.3 is 6.03 Å². The lowest BCUT2D eigenvalue weighted by molar-refractivity contribution is -0.125. The Labute approximate surface area is 83.4 Å². The van der Waals surface area contributed by atoms with Crippen LogP contribution in [0.3, 0.4) is 0 Å². The zero-order chi connectivity index (χ0) is 10.3. The van der Waals surface area contributed by atoms with Crippen LogP contribution in [0.5, 0.6) is 0 Å². The normalized spacial score (nSPS) is 42.4. The molecule has 2 aliphatic rings. The first kappa shape index (κ1) is 9.49. The van der Waals surface area contributed by atoms with Crippen LogP contribution in [0.2, 0.25) is 0 Å². The number of carbonyl (C=O) groups excluding carboxylic acids is 2. The quantitative estimate of drug-likeness (QED) is 0.615. The van der Waals surface area contributed by atoms with E-state index in [-0.39, 0.29) is 11.9 Å². The van der Waals surface area contributed by atoms with Crippen molar-refractivity contribution in [1.29, 1.82) is 0 Å². The molecule has 4 nitrogen and oxygen atoms in total. The van der Waals surface area contributed by atoms with Crippen LogP contribution in [-0.2, 0) is 4.79 Å². The predicted octanol–water partition coefficient (Wildman–Crippen LogP) is 1.02. The fourth-order valence-corrected chi connectivity index (χ4v) is 2.58. The molecule has 2 fully saturated rings. The van der Waals surface area contributed by atoms with Crippen molar-refractivity contribution >= 4 is 11.9 Å². The van der Waals surface area contributed by atoms with Gasteiger partial charge in [-0.3, -0.25) is 10.1 Å². The molecule has 3 unspecified atom stereocenters. The van der Waals surface area contributed by atoms with Crippen molar-refractivity contribution in [1.82, 2.24) is 10.6 Å². The Morgan fingerprint density at radius 2 is 2.07 bits per heavy atom. The fraction of sp³-hybridized carbons (Fsp3) is 0.800. The minimum atomic E-state index is -0.665. The zero-order valence-corrected chi connectivity index (χ0v) is 8.59. The Bertz CT molecular complexity index is 290. The summed E-state index contributed by atoms with van der Waals surface area (Å²) in [7, 11) is 0. The summed E-state index contributed by atoms with van der Waals surface area (Å²) in [6.45, 7) is 4.02. The summed E-state index contributed by atoms with van der Waals surface area (Å²) in [5.74, 6) is 0.799. The smallest absolute Gasteiger partial charge is 0.322 e. The van der Waals surface area contributed by atoms with E-state index < -0.39 is 5.54 Å². The van der Waals surface area contributed by atoms with Crippen molar-refractivity contribution in [3.05, 3.63) is 0 Å². The minimum Gasteiger partial charge on any atom is -0.323 e. The number of carbonyl (C=O) groups is 2. The molecule has 0 aromatic heterocycles. The van der Waals surface area contributed by atoms with Gasteiger partial charge in [0.1, 0.15) is 5.54 Å². The molecule has 2 rings (SSSR count). The van der Waals surface area contributed by atoms with E-state index in [0.717, 1.165) is 19.3 Å². The van der Waals surface area contributed by atoms with E-state index in [1.807, 2.05) is 6.92 Å². The molecule has 0 radical (unpaired) electrons. The highest BCUT2D eigenvalue weighted by molar-refractivity contribution is 6.06. The molecule has 1 aliphatic carbocycles. The monoisotopic (exact) mass is 196 g/mol. The summed E-state index contributed by atoms with van der Waals surface area (Å²) >= 11 is 0. The third-order valence-electron chi connectivity index (χ3n) is 3.58. The van der Waals surface area contributed by atoms with Gasteiger partial charge in [-0.1, -0.05) is 13.3 Å². The van der Waals surface area contributed by atoms with Crippen molar-refractivity contribution in [3.63, 3.8) is 0 Å². The summed E-state index contributed by atoms with van der Waals surface area (Å²) in [5, 5.41) is 5.05. The first-order valence-electron chi connectivity index (χ1n) is 5.16. The van der Waals surface area contributed by atoms with Crippen LogP contribution < -0.4 is 10.6 Å². The van der Waals surface area contributed by atoms with Crippen molar-refractivity contribution in [2.24, 2.45) is 11.8 Å². The van der Waals surface area contributed by atoms with Crippen LogP contribution in [-0.4, -0.2) is 17.5 Å². The number of hydrogen-bond acceptors (Lipinski definition) is 2. The lowest BCUT2D eigenvalue weighted by Crippen LogP contribution is -2.49. The topological polar surface area (TPSA) is 58.2 Å². The molecule has 14 heavy (non-hydrogen) atoms. The highest BCUT2D eigenvalue weighted by atomic mass is 16.2. The van der Waals surface area contributed by atoms with Crippen LogP contribution >= 0.6 is 0 Å². The summed E-state index contributed by atoms with van der Waals surface area (Å²) in [6.07, 6.45) is 3.22. The van der Waals surface area contributed by atoms with E-state index in [2.05, 4.69) is 17.6 Å². The van der Waals surface area contributed by atoms with Gasteiger partial charge in [-0.15, -0.1) is 0 Å². The van der Waals surface area contributed by atoms with Gasteiger partial charge in [0.05, 0.1) is 0 Å². The molecule has 4 heteroatoms. The Morgan fingerprint density at radius 3 is 2.50 bits per heavy atom. The fourth-order valence-electron chi connectivity index (χ4n) is 2.58. The average Bonchev–Trinajstić information content (AvgIpc) is 2.59. The molecular weight excluding hydrogens is 180 g/mol. The average molecular weight is 196 g/mol. The van der Waals surface area contributed by atoms with Crippen LogP contribution in [0.15, 0.2) is 0 Å². The predicted molar refractivity (Wildman–Crippen MR) is 51.6 cm³/mol. The van der Waals surface area contributed by atoms with Gasteiger partial charge in [0.15, 0.2) is 0 Å². The molecule has 0 bridgehead atoms. The summed E-state index contributed by atoms with van der Waals surface area (Å²) in [4.78, 5) is 22.7. The lowest BCUT2D eigenvalue weighted by atomic mass is 9.84. The van der Waals surface area contributed by atoms with Crippen molar-refractivity contribution in [2.45, 2.75) is 38.6 Å². The number of urea groups is 1. The highest BCUT2D eigenvalue weighted by Gasteiger charge is 2.49. The molecule has 3 amide bonds. The number of rotatable bonds is 1. The lowest BCUT2D eigenvalue weighted by Gasteiger charge is -2.27. The largest absolute Gasteiger partial charge is 0.323 e. The van der Waals surface area contributed by atoms with E-state index in [1.54, 1.807) is 0 Å². The molecule has 1 heterocycles. The van der Waals surface area contributed by atoms with Gasteiger partial charge in [0.25, 0.3) is 5.91 Å². The van der Waals surface area contributed by atoms with Gasteiger partial charge in [-0.25, -0.2) is 4.79 Å². The van der Waals surface area contributed by atoms with Crippen molar-refractivity contribution in [2.75, 3.05) is 0 Å². The second-order valence-electron chi connectivity index (χ2n) is 4.73. The maximum atomic E-state index is 11.6. The SMILES string of the molecule is CC1CCC(C2(C)NC(=O)NC2=O)C1. The molecule has 78 valence electrons. The second-order valence-corrected chi connectivity index (χ2v) is 4.73. The van der Waals surface area contributed by atoms with E-state index >= 15 is 0 Å². The summed E-state index contributed by atoms with van der Waals surface area (Å²) < 4.78 is 0. The molecule has 1 aliphatic heterocycles. The van der Waals surface area contributed by atoms with Crippen LogP contribution in [0.1, 0.15) is 33.1 Å². The van der Waals surface area contributed by atoms with Crippen molar-refractivity contribution in [3.8, 4) is 0 Å². The van der Waals surface area contributed by atoms with Crippen LogP contribution in [0, 0.1) is 11.8 Å². The Hall–Kier alpha value is -1.06. The standard InChI is InChI=1S/C10H16N2O2/c1-6-3-4-7(5-6)10(2)8(13)11-9(14)12-10/h6-7H,3-5H2,1-2H3,(H2,11,12,13,14). The molecule has 1 saturated carbocycles. The Kier molecular flexibility index (Phi) is 2.01. The second kappa shape index (κ2) is 2.97. The highest BCUT2D eigenvalue weighted by Crippen LogP contribution is 2.38. The third-order valence-corrected chi connectivity index (χ3v) is 3.58. The van der Waals surface area contributed by atoms with Gasteiger partial charge in [-0.2, -0.15) is 0 Å². The molecule has 2 N–H and O–H groups in total. The number of amides is 3. The van der Waals surface area contributed by atoms with E-state index in [0.29, 0.717) is 11.8 Å². The molecule has 0 aromatic carbocycles.